The summed E-state index contributed by atoms with van der Waals surface area (Å²) in [6, 6.07) is 25.6. The van der Waals surface area contributed by atoms with Crippen molar-refractivity contribution in [3.05, 3.63) is 78.4 Å². The van der Waals surface area contributed by atoms with Crippen molar-refractivity contribution in [3.63, 3.8) is 0 Å². The molecule has 1 N–H and O–H groups in total. The SMILES string of the molecule is c1ccc(CCCNc2cccc3ccccc23)cc1. The Bertz CT molecular complexity index is 668. The molecule has 0 atom stereocenters. The maximum absolute atomic E-state index is 3.56. The minimum absolute atomic E-state index is 1.00. The van der Waals surface area contributed by atoms with E-state index < -0.39 is 0 Å². The van der Waals surface area contributed by atoms with Crippen molar-refractivity contribution < 1.29 is 0 Å². The van der Waals surface area contributed by atoms with Gasteiger partial charge in [0.15, 0.2) is 0 Å². The monoisotopic (exact) mass is 261 g/mol. The Balaban J connectivity index is 1.60. The molecule has 3 rings (SSSR count). The molecule has 0 aliphatic rings. The second-order valence-electron chi connectivity index (χ2n) is 5.04. The third-order valence-corrected chi connectivity index (χ3v) is 3.59. The molecule has 3 aromatic carbocycles. The van der Waals surface area contributed by atoms with Gasteiger partial charge >= 0.3 is 0 Å². The van der Waals surface area contributed by atoms with E-state index in [4.69, 9.17) is 0 Å². The molecule has 100 valence electrons. The average Bonchev–Trinajstić information content (AvgIpc) is 2.53. The number of nitrogens with one attached hydrogen (secondary N) is 1. The van der Waals surface area contributed by atoms with Gasteiger partial charge in [0.1, 0.15) is 0 Å². The Kier molecular flexibility index (Phi) is 3.98. The Morgan fingerprint density at radius 1 is 0.700 bits per heavy atom. The van der Waals surface area contributed by atoms with Gasteiger partial charge in [0.05, 0.1) is 0 Å². The molecule has 0 fully saturated rings. The highest BCUT2D eigenvalue weighted by atomic mass is 14.9. The van der Waals surface area contributed by atoms with Crippen LogP contribution >= 0.6 is 0 Å². The summed E-state index contributed by atoms with van der Waals surface area (Å²) < 4.78 is 0. The predicted molar refractivity (Wildman–Crippen MR) is 87.2 cm³/mol. The summed E-state index contributed by atoms with van der Waals surface area (Å²) in [5.74, 6) is 0. The highest BCUT2D eigenvalue weighted by molar-refractivity contribution is 5.93. The zero-order chi connectivity index (χ0) is 13.6. The van der Waals surface area contributed by atoms with Crippen molar-refractivity contribution >= 4 is 16.5 Å². The molecule has 1 nitrogen and oxygen atoms in total. The molecule has 0 aromatic heterocycles. The fraction of sp³-hybridized carbons (Fsp3) is 0.158. The largest absolute Gasteiger partial charge is 0.385 e. The summed E-state index contributed by atoms with van der Waals surface area (Å²) in [6.45, 7) is 1.00. The average molecular weight is 261 g/mol. The van der Waals surface area contributed by atoms with Gasteiger partial charge in [0.25, 0.3) is 0 Å². The third-order valence-electron chi connectivity index (χ3n) is 3.59. The zero-order valence-corrected chi connectivity index (χ0v) is 11.5. The van der Waals surface area contributed by atoms with Crippen molar-refractivity contribution in [1.82, 2.24) is 0 Å². The number of rotatable bonds is 5. The van der Waals surface area contributed by atoms with E-state index in [1.54, 1.807) is 0 Å². The van der Waals surface area contributed by atoms with Gasteiger partial charge in [-0.2, -0.15) is 0 Å². The highest BCUT2D eigenvalue weighted by Gasteiger charge is 1.99. The molecule has 3 aromatic rings. The summed E-state index contributed by atoms with van der Waals surface area (Å²) in [5, 5.41) is 6.15. The molecular formula is C19H19N. The molecule has 0 saturated heterocycles. The molecular weight excluding hydrogens is 242 g/mol. The first kappa shape index (κ1) is 12.7. The standard InChI is InChI=1S/C19H19N/c1-2-8-16(9-3-1)10-7-15-20-19-14-6-12-17-11-4-5-13-18(17)19/h1-6,8-9,11-14,20H,7,10,15H2. The summed E-state index contributed by atoms with van der Waals surface area (Å²) in [7, 11) is 0. The quantitative estimate of drug-likeness (QED) is 0.645. The molecule has 0 heterocycles. The Hall–Kier alpha value is -2.28. The van der Waals surface area contributed by atoms with Crippen LogP contribution in [0.2, 0.25) is 0 Å². The zero-order valence-electron chi connectivity index (χ0n) is 11.5. The van der Waals surface area contributed by atoms with Crippen molar-refractivity contribution in [2.24, 2.45) is 0 Å². The molecule has 20 heavy (non-hydrogen) atoms. The summed E-state index contributed by atoms with van der Waals surface area (Å²) >= 11 is 0. The second-order valence-corrected chi connectivity index (χ2v) is 5.04. The van der Waals surface area contributed by atoms with Gasteiger partial charge < -0.3 is 5.32 Å². The minimum Gasteiger partial charge on any atom is -0.385 e. The van der Waals surface area contributed by atoms with Crippen molar-refractivity contribution in [2.45, 2.75) is 12.8 Å². The lowest BCUT2D eigenvalue weighted by atomic mass is 10.1. The number of aryl methyl sites for hydroxylation is 1. The normalized spacial score (nSPS) is 10.6. The van der Waals surface area contributed by atoms with Gasteiger partial charge in [-0.25, -0.2) is 0 Å². The summed E-state index contributed by atoms with van der Waals surface area (Å²) in [6.07, 6.45) is 2.27. The summed E-state index contributed by atoms with van der Waals surface area (Å²) in [5.41, 5.74) is 2.64. The predicted octanol–water partition coefficient (Wildman–Crippen LogP) is 4.88. The van der Waals surface area contributed by atoms with Gasteiger partial charge in [0, 0.05) is 17.6 Å². The number of fused-ring (bicyclic) bond motifs is 1. The van der Waals surface area contributed by atoms with E-state index in [1.807, 2.05) is 0 Å². The van der Waals surface area contributed by atoms with Crippen LogP contribution in [0, 0.1) is 0 Å². The highest BCUT2D eigenvalue weighted by Crippen LogP contribution is 2.22. The lowest BCUT2D eigenvalue weighted by Gasteiger charge is -2.09. The number of benzene rings is 3. The molecule has 0 radical (unpaired) electrons. The number of hydrogen-bond donors (Lipinski definition) is 1. The minimum atomic E-state index is 1.00. The van der Waals surface area contributed by atoms with Gasteiger partial charge in [-0.1, -0.05) is 66.7 Å². The van der Waals surface area contributed by atoms with E-state index in [9.17, 15) is 0 Å². The first-order valence-corrected chi connectivity index (χ1v) is 7.19. The Morgan fingerprint density at radius 3 is 2.35 bits per heavy atom. The molecule has 0 unspecified atom stereocenters. The summed E-state index contributed by atoms with van der Waals surface area (Å²) in [4.78, 5) is 0. The van der Waals surface area contributed by atoms with Crippen LogP contribution in [0.4, 0.5) is 5.69 Å². The second kappa shape index (κ2) is 6.25. The van der Waals surface area contributed by atoms with Crippen LogP contribution in [-0.4, -0.2) is 6.54 Å². The Labute approximate surface area is 120 Å². The van der Waals surface area contributed by atoms with Crippen LogP contribution in [0.1, 0.15) is 12.0 Å². The molecule has 1 heteroatoms. The van der Waals surface area contributed by atoms with E-state index in [0.717, 1.165) is 19.4 Å². The van der Waals surface area contributed by atoms with E-state index >= 15 is 0 Å². The lowest BCUT2D eigenvalue weighted by Crippen LogP contribution is -2.03. The van der Waals surface area contributed by atoms with E-state index in [1.165, 1.54) is 22.0 Å². The first-order valence-electron chi connectivity index (χ1n) is 7.19. The van der Waals surface area contributed by atoms with Crippen molar-refractivity contribution in [3.8, 4) is 0 Å². The molecule has 0 aliphatic heterocycles. The van der Waals surface area contributed by atoms with Gasteiger partial charge in [-0.3, -0.25) is 0 Å². The first-order chi connectivity index (χ1) is 9.93. The molecule has 0 aliphatic carbocycles. The van der Waals surface area contributed by atoms with Gasteiger partial charge in [-0.05, 0) is 29.9 Å². The maximum atomic E-state index is 3.56. The van der Waals surface area contributed by atoms with E-state index in [0.29, 0.717) is 0 Å². The smallest absolute Gasteiger partial charge is 0.0419 e. The number of hydrogen-bond acceptors (Lipinski definition) is 1. The van der Waals surface area contributed by atoms with Crippen LogP contribution in [0.3, 0.4) is 0 Å². The van der Waals surface area contributed by atoms with Crippen LogP contribution in [0.15, 0.2) is 72.8 Å². The lowest BCUT2D eigenvalue weighted by molar-refractivity contribution is 0.864. The van der Waals surface area contributed by atoms with Crippen LogP contribution < -0.4 is 5.32 Å². The fourth-order valence-electron chi connectivity index (χ4n) is 2.54. The topological polar surface area (TPSA) is 12.0 Å². The van der Waals surface area contributed by atoms with E-state index in [-0.39, 0.29) is 0 Å². The third kappa shape index (κ3) is 3.00. The van der Waals surface area contributed by atoms with Gasteiger partial charge in [0.2, 0.25) is 0 Å². The fourth-order valence-corrected chi connectivity index (χ4v) is 2.54. The van der Waals surface area contributed by atoms with Crippen LogP contribution in [0.5, 0.6) is 0 Å². The van der Waals surface area contributed by atoms with Crippen molar-refractivity contribution in [2.75, 3.05) is 11.9 Å². The molecule has 0 amide bonds. The maximum Gasteiger partial charge on any atom is 0.0419 e. The molecule has 0 saturated carbocycles. The van der Waals surface area contributed by atoms with Crippen LogP contribution in [-0.2, 0) is 6.42 Å². The van der Waals surface area contributed by atoms with Gasteiger partial charge in [-0.15, -0.1) is 0 Å². The number of anilines is 1. The molecule has 0 spiro atoms. The molecule has 0 bridgehead atoms. The Morgan fingerprint density at radius 2 is 1.45 bits per heavy atom. The van der Waals surface area contributed by atoms with Crippen LogP contribution in [0.25, 0.3) is 10.8 Å². The van der Waals surface area contributed by atoms with E-state index in [2.05, 4.69) is 78.1 Å². The van der Waals surface area contributed by atoms with Crippen molar-refractivity contribution in [1.29, 1.82) is 0 Å².